The Morgan fingerprint density at radius 1 is 0.182 bits per heavy atom. The molecule has 0 aliphatic rings. The van der Waals surface area contributed by atoms with E-state index in [1.54, 1.807) is 92.3 Å². The predicted octanol–water partition coefficient (Wildman–Crippen LogP) is 16.8. The van der Waals surface area contributed by atoms with Crippen molar-refractivity contribution in [3.8, 4) is 115 Å². The fourth-order valence-corrected chi connectivity index (χ4v) is 14.6. The van der Waals surface area contributed by atoms with Crippen LogP contribution in [0.1, 0.15) is 0 Å². The van der Waals surface area contributed by atoms with Gasteiger partial charge in [-0.15, -0.1) is 108 Å². The van der Waals surface area contributed by atoms with E-state index in [9.17, 15) is 0 Å². The summed E-state index contributed by atoms with van der Waals surface area (Å²) in [5.74, 6) is 3.97. The van der Waals surface area contributed by atoms with Crippen molar-refractivity contribution < 1.29 is 103 Å². The Labute approximate surface area is 804 Å². The van der Waals surface area contributed by atoms with Gasteiger partial charge in [0.05, 0.1) is 49.6 Å². The van der Waals surface area contributed by atoms with Gasteiger partial charge in [-0.25, -0.2) is 84.4 Å². The van der Waals surface area contributed by atoms with Crippen molar-refractivity contribution in [1.29, 1.82) is 0 Å². The van der Waals surface area contributed by atoms with E-state index in [2.05, 4.69) is 225 Å². The molecular weight excluding hydrogens is 2390 g/mol. The Morgan fingerprint density at radius 3 is 0.750 bits per heavy atom. The summed E-state index contributed by atoms with van der Waals surface area (Å²) in [4.78, 5) is 34.4. The molecule has 0 amide bonds. The van der Waals surface area contributed by atoms with Gasteiger partial charge in [0, 0.05) is 69.9 Å². The molecular formula is C96H52N28O4Pt4. The zero-order valence-electron chi connectivity index (χ0n) is 67.4. The minimum atomic E-state index is 0. The van der Waals surface area contributed by atoms with Crippen LogP contribution in [0, 0.1) is 48.5 Å². The van der Waals surface area contributed by atoms with Gasteiger partial charge in [-0.2, -0.15) is 117 Å². The summed E-state index contributed by atoms with van der Waals surface area (Å²) < 4.78 is 30.6. The second-order valence-corrected chi connectivity index (χ2v) is 27.6. The first-order chi connectivity index (χ1) is 63.5. The molecule has 640 valence electrons. The minimum Gasteiger partial charge on any atom is -0.446 e. The van der Waals surface area contributed by atoms with E-state index in [-0.39, 0.29) is 108 Å². The molecule has 36 heteroatoms. The molecule has 0 bridgehead atoms. The second kappa shape index (κ2) is 40.5. The molecule has 0 aliphatic heterocycles. The van der Waals surface area contributed by atoms with Gasteiger partial charge in [0.25, 0.3) is 17.8 Å². The van der Waals surface area contributed by atoms with Crippen LogP contribution in [0.4, 0.5) is 0 Å². The van der Waals surface area contributed by atoms with E-state index in [0.29, 0.717) is 46.8 Å². The molecule has 32 nitrogen and oxygen atoms in total. The Morgan fingerprint density at radius 2 is 0.439 bits per heavy atom. The van der Waals surface area contributed by atoms with Gasteiger partial charge in [0.2, 0.25) is 5.95 Å². The maximum absolute atomic E-state index is 5.74. The summed E-state index contributed by atoms with van der Waals surface area (Å²) in [7, 11) is 0. The Kier molecular flexibility index (Phi) is 27.0. The van der Waals surface area contributed by atoms with Crippen molar-refractivity contribution in [3.63, 3.8) is 0 Å². The molecule has 0 radical (unpaired) electrons. The number of aromatic nitrogens is 28. The zero-order valence-corrected chi connectivity index (χ0v) is 76.5. The normalized spacial score (nSPS) is 10.8. The maximum atomic E-state index is 5.74. The average molecular weight is 2440 g/mol. The third kappa shape index (κ3) is 18.5. The van der Waals surface area contributed by atoms with Gasteiger partial charge >= 0.3 is 108 Å². The van der Waals surface area contributed by atoms with Crippen LogP contribution in [0.3, 0.4) is 0 Å². The number of benzene rings is 12. The van der Waals surface area contributed by atoms with Gasteiger partial charge in [-0.3, -0.25) is 18.3 Å². The van der Waals surface area contributed by atoms with Crippen LogP contribution < -0.4 is 18.9 Å². The summed E-state index contributed by atoms with van der Waals surface area (Å²) in [6.45, 7) is 0. The summed E-state index contributed by atoms with van der Waals surface area (Å²) in [6.07, 6.45) is 21.8. The summed E-state index contributed by atoms with van der Waals surface area (Å²) in [6, 6.07) is 102. The molecule has 0 spiro atoms. The van der Waals surface area contributed by atoms with Crippen molar-refractivity contribution >= 4 is 87.2 Å². The fourth-order valence-electron chi connectivity index (χ4n) is 14.6. The third-order valence-corrected chi connectivity index (χ3v) is 19.9. The Balaban J connectivity index is 0.000000122. The smallest absolute Gasteiger partial charge is 0.446 e. The second-order valence-electron chi connectivity index (χ2n) is 27.6. The van der Waals surface area contributed by atoms with E-state index in [4.69, 9.17) is 18.9 Å². The number of hydrogen-bond acceptors (Lipinski definition) is 28. The van der Waals surface area contributed by atoms with Crippen LogP contribution >= 0.6 is 0 Å². The molecule has 12 heterocycles. The molecule has 0 N–H and O–H groups in total. The quantitative estimate of drug-likeness (QED) is 0.0811. The van der Waals surface area contributed by atoms with Crippen LogP contribution in [0.5, 0.6) is 47.0 Å². The van der Waals surface area contributed by atoms with Crippen LogP contribution in [0.15, 0.2) is 318 Å². The van der Waals surface area contributed by atoms with Gasteiger partial charge in [-0.1, -0.05) is 120 Å². The number of hydrogen-bond donors (Lipinski definition) is 0. The topological polar surface area (TPSA) is 366 Å². The first kappa shape index (κ1) is 87.9. The van der Waals surface area contributed by atoms with Crippen LogP contribution in [-0.4, -0.2) is 140 Å². The molecule has 0 unspecified atom stereocenters. The van der Waals surface area contributed by atoms with E-state index >= 15 is 0 Å². The summed E-state index contributed by atoms with van der Waals surface area (Å²) in [5, 5.41) is 70.7. The summed E-state index contributed by atoms with van der Waals surface area (Å²) in [5.41, 5.74) is 14.1. The largest absolute Gasteiger partial charge is 2.00 e. The van der Waals surface area contributed by atoms with E-state index in [0.717, 1.165) is 132 Å². The van der Waals surface area contributed by atoms with Gasteiger partial charge in [0.1, 0.15) is 0 Å². The van der Waals surface area contributed by atoms with Crippen molar-refractivity contribution in [3.05, 3.63) is 366 Å². The van der Waals surface area contributed by atoms with Crippen LogP contribution in [0.2, 0.25) is 0 Å². The fraction of sp³-hybridized carbons (Fsp3) is 0. The molecule has 0 aliphatic carbocycles. The molecule has 12 aromatic carbocycles. The zero-order chi connectivity index (χ0) is 85.3. The molecule has 0 atom stereocenters. The number of nitrogens with zero attached hydrogens (tertiary/aromatic N) is 28. The van der Waals surface area contributed by atoms with E-state index in [1.807, 2.05) is 164 Å². The number of fused-ring (bicyclic) bond motifs is 12. The standard InChI is InChI=1S/C25H14N6O.2C24H13N7O.C23H12N8O.4Pt/c1-2-8-22-20(7-1)21-10-9-18(16-23(21)31(22)24-26-13-14-29-30-24)17-5-3-6-19(15-17)32-25-27-11-4-12-28-25;1-2-8-21-19(7-1)20-10-9-17(14-22(20)31(21)23-25-11-4-12-26-23)16-5-3-6-18(13-16)32-24-29-27-15-28-30-24;1-2-7-21-19(6-1)20-9-8-17(15-22(20)31(21)23-25-10-12-27-29-23)16-4-3-5-18(14-16)32-24-26-11-13-28-30-24;1-2-7-20-18(6-1)19-9-8-16(13-21(19)31(20)22-24-10-11-25-28-22)15-4-3-5-17(12-15)32-23-29-26-14-27-30-23;;;;/h1-14H;1-12,15H;1-13H;1-11,14H;;;;/q4*-2;4*+2. The Hall–Kier alpha value is -16.1. The summed E-state index contributed by atoms with van der Waals surface area (Å²) >= 11 is 0. The number of ether oxygens (including phenoxy) is 4. The van der Waals surface area contributed by atoms with Crippen LogP contribution in [-0.2, 0) is 84.3 Å². The maximum Gasteiger partial charge on any atom is 2.00 e. The molecule has 0 fully saturated rings. The van der Waals surface area contributed by atoms with Crippen molar-refractivity contribution in [1.82, 2.24) is 140 Å². The minimum absolute atomic E-state index is 0. The molecule has 24 aromatic rings. The number of para-hydroxylation sites is 4. The van der Waals surface area contributed by atoms with Gasteiger partial charge in [-0.05, 0) is 80.0 Å². The molecule has 24 rings (SSSR count). The number of rotatable bonds is 16. The van der Waals surface area contributed by atoms with Crippen molar-refractivity contribution in [2.24, 2.45) is 0 Å². The first-order valence-electron chi connectivity index (χ1n) is 39.2. The SMILES string of the molecule is [Pt+2].[Pt+2].[Pt+2].[Pt+2].[c-]1c(Oc2ncccn2)cccc1-c1[c-]c2c(cc1)c1ccccc1n2-c1nccnn1.[c-]1c(Oc2nccnn2)cccc1-c1[c-]c2c(cc1)c1ccccc1n2-c1nccnn1.[c-]1c(Oc2nncnn2)cccc1-c1[c-]c2c(cc1)c1ccccc1n2-c1ncccn1.[c-]1c(Oc2nncnn2)cccc1-c1[c-]c2c(cc1)c1ccccc1n2-c1nccnn1. The average Bonchev–Trinajstić information content (AvgIpc) is 1.61. The van der Waals surface area contributed by atoms with Crippen molar-refractivity contribution in [2.45, 2.75) is 0 Å². The molecule has 0 saturated heterocycles. The first-order valence-corrected chi connectivity index (χ1v) is 39.2. The van der Waals surface area contributed by atoms with E-state index in [1.165, 1.54) is 25.0 Å². The van der Waals surface area contributed by atoms with Gasteiger partial charge in [0.15, 0.2) is 12.7 Å². The Bertz CT molecular complexity index is 7180. The molecule has 12 aromatic heterocycles. The van der Waals surface area contributed by atoms with E-state index < -0.39 is 0 Å². The predicted molar refractivity (Wildman–Crippen MR) is 469 cm³/mol. The van der Waals surface area contributed by atoms with Gasteiger partial charge < -0.3 is 18.9 Å². The molecule has 132 heavy (non-hydrogen) atoms. The van der Waals surface area contributed by atoms with Crippen molar-refractivity contribution in [2.75, 3.05) is 0 Å². The monoisotopic (exact) mass is 2440 g/mol. The third-order valence-electron chi connectivity index (χ3n) is 19.9. The molecule has 0 saturated carbocycles. The van der Waals surface area contributed by atoms with Crippen LogP contribution in [0.25, 0.3) is 156 Å².